The predicted octanol–water partition coefficient (Wildman–Crippen LogP) is 4.70. The Morgan fingerprint density at radius 2 is 1.88 bits per heavy atom. The third-order valence-corrected chi connectivity index (χ3v) is 8.85. The molecule has 138 valence electrons. The number of fused-ring (bicyclic) bond motifs is 1. The molecule has 3 unspecified atom stereocenters. The lowest BCUT2D eigenvalue weighted by Crippen LogP contribution is -2.37. The van der Waals surface area contributed by atoms with Gasteiger partial charge in [-0.05, 0) is 69.6 Å². The van der Waals surface area contributed by atoms with E-state index in [0.29, 0.717) is 12.5 Å². The SMILES string of the molecule is CC1OCc2sc(NC(=O)C34CC5CC(CC3C5)C4)c(C(=O)C3CC3)c21. The van der Waals surface area contributed by atoms with E-state index in [2.05, 4.69) is 5.32 Å². The topological polar surface area (TPSA) is 55.4 Å². The first-order chi connectivity index (χ1) is 12.5. The number of ketones is 1. The lowest BCUT2D eigenvalue weighted by Gasteiger charge is -2.31. The summed E-state index contributed by atoms with van der Waals surface area (Å²) in [5.41, 5.74) is 1.68. The van der Waals surface area contributed by atoms with Gasteiger partial charge < -0.3 is 10.1 Å². The van der Waals surface area contributed by atoms with Crippen LogP contribution in [0.3, 0.4) is 0 Å². The summed E-state index contributed by atoms with van der Waals surface area (Å²) in [5, 5.41) is 4.09. The van der Waals surface area contributed by atoms with E-state index in [-0.39, 0.29) is 29.1 Å². The van der Waals surface area contributed by atoms with Crippen LogP contribution in [0.1, 0.15) is 78.8 Å². The molecule has 5 fully saturated rings. The van der Waals surface area contributed by atoms with E-state index >= 15 is 0 Å². The quantitative estimate of drug-likeness (QED) is 0.781. The molecule has 5 saturated carbocycles. The zero-order chi connectivity index (χ0) is 17.6. The highest BCUT2D eigenvalue weighted by atomic mass is 32.1. The first-order valence-electron chi connectivity index (χ1n) is 10.2. The van der Waals surface area contributed by atoms with E-state index in [9.17, 15) is 9.59 Å². The Hall–Kier alpha value is -1.20. The van der Waals surface area contributed by atoms with Gasteiger partial charge in [-0.25, -0.2) is 0 Å². The van der Waals surface area contributed by atoms with Crippen molar-refractivity contribution in [1.29, 1.82) is 0 Å². The fraction of sp³-hybridized carbons (Fsp3) is 0.714. The highest BCUT2D eigenvalue weighted by molar-refractivity contribution is 7.17. The summed E-state index contributed by atoms with van der Waals surface area (Å²) in [5.74, 6) is 2.67. The number of carbonyl (C=O) groups is 2. The average Bonchev–Trinajstić information content (AvgIpc) is 3.17. The average molecular weight is 372 g/mol. The molecule has 1 N–H and O–H groups in total. The van der Waals surface area contributed by atoms with Crippen LogP contribution in [0.5, 0.6) is 0 Å². The van der Waals surface area contributed by atoms with Crippen LogP contribution in [0.15, 0.2) is 0 Å². The molecule has 5 heteroatoms. The standard InChI is InChI=1S/C21H25NO3S/c1-10-16-15(9-25-10)26-19(17(16)18(23)13-2-3-13)22-20(24)21-7-11-4-12(8-21)6-14(21)5-11/h10-14H,2-9H2,1H3,(H,22,24). The fourth-order valence-electron chi connectivity index (χ4n) is 6.59. The van der Waals surface area contributed by atoms with Crippen LogP contribution in [0.25, 0.3) is 0 Å². The van der Waals surface area contributed by atoms with Crippen molar-refractivity contribution in [2.24, 2.45) is 29.1 Å². The molecule has 1 amide bonds. The Labute approximate surface area is 157 Å². The van der Waals surface area contributed by atoms with Crippen molar-refractivity contribution in [2.45, 2.75) is 64.6 Å². The van der Waals surface area contributed by atoms with Crippen LogP contribution >= 0.6 is 11.3 Å². The second-order valence-electron chi connectivity index (χ2n) is 9.39. The van der Waals surface area contributed by atoms with Crippen LogP contribution in [-0.2, 0) is 16.1 Å². The molecule has 26 heavy (non-hydrogen) atoms. The number of hydrogen-bond acceptors (Lipinski definition) is 4. The lowest BCUT2D eigenvalue weighted by atomic mass is 9.75. The monoisotopic (exact) mass is 371 g/mol. The van der Waals surface area contributed by atoms with E-state index in [1.165, 1.54) is 19.3 Å². The summed E-state index contributed by atoms with van der Waals surface area (Å²) in [7, 11) is 0. The van der Waals surface area contributed by atoms with Crippen molar-refractivity contribution >= 4 is 28.0 Å². The Morgan fingerprint density at radius 3 is 2.58 bits per heavy atom. The zero-order valence-corrected chi connectivity index (χ0v) is 16.0. The molecule has 5 aliphatic carbocycles. The highest BCUT2D eigenvalue weighted by Crippen LogP contribution is 2.65. The number of thiophene rings is 1. The van der Waals surface area contributed by atoms with Crippen molar-refractivity contribution < 1.29 is 14.3 Å². The predicted molar refractivity (Wildman–Crippen MR) is 99.2 cm³/mol. The maximum atomic E-state index is 13.4. The third-order valence-electron chi connectivity index (χ3n) is 7.76. The van der Waals surface area contributed by atoms with Gasteiger partial charge in [0.1, 0.15) is 5.00 Å². The van der Waals surface area contributed by atoms with Gasteiger partial charge in [0.05, 0.1) is 23.7 Å². The molecule has 4 bridgehead atoms. The number of hydrogen-bond donors (Lipinski definition) is 1. The zero-order valence-electron chi connectivity index (χ0n) is 15.2. The second kappa shape index (κ2) is 5.20. The van der Waals surface area contributed by atoms with Gasteiger partial charge in [-0.3, -0.25) is 9.59 Å². The van der Waals surface area contributed by atoms with E-state index in [1.54, 1.807) is 11.3 Å². The van der Waals surface area contributed by atoms with Gasteiger partial charge in [-0.2, -0.15) is 0 Å². The maximum absolute atomic E-state index is 13.4. The highest BCUT2D eigenvalue weighted by Gasteiger charge is 2.61. The molecular formula is C21H25NO3S. The number of ether oxygens (including phenoxy) is 1. The van der Waals surface area contributed by atoms with Gasteiger partial charge in [0.2, 0.25) is 5.91 Å². The molecule has 4 nitrogen and oxygen atoms in total. The van der Waals surface area contributed by atoms with Crippen molar-refractivity contribution in [3.8, 4) is 0 Å². The van der Waals surface area contributed by atoms with Crippen molar-refractivity contribution in [2.75, 3.05) is 5.32 Å². The molecule has 7 rings (SSSR count). The normalized spacial score (nSPS) is 39.4. The Morgan fingerprint density at radius 1 is 1.15 bits per heavy atom. The number of anilines is 1. The number of rotatable bonds is 4. The molecule has 0 radical (unpaired) electrons. The van der Waals surface area contributed by atoms with Crippen molar-refractivity contribution in [1.82, 2.24) is 0 Å². The summed E-state index contributed by atoms with van der Waals surface area (Å²) in [6.07, 6.45) is 7.88. The van der Waals surface area contributed by atoms with Crippen molar-refractivity contribution in [3.05, 3.63) is 16.0 Å². The smallest absolute Gasteiger partial charge is 0.231 e. The molecule has 1 aromatic rings. The van der Waals surface area contributed by atoms with E-state index in [0.717, 1.165) is 58.5 Å². The molecule has 0 spiro atoms. The summed E-state index contributed by atoms with van der Waals surface area (Å²) in [4.78, 5) is 27.5. The maximum Gasteiger partial charge on any atom is 0.231 e. The van der Waals surface area contributed by atoms with Crippen LogP contribution in [0.2, 0.25) is 0 Å². The Bertz CT molecular complexity index is 809. The van der Waals surface area contributed by atoms with Gasteiger partial charge in [0.15, 0.2) is 5.78 Å². The molecule has 3 atom stereocenters. The number of Topliss-reactive ketones (excluding diaryl/α,β-unsaturated/α-hetero) is 1. The van der Waals surface area contributed by atoms with Gasteiger partial charge >= 0.3 is 0 Å². The van der Waals surface area contributed by atoms with Crippen LogP contribution in [0, 0.1) is 29.1 Å². The summed E-state index contributed by atoms with van der Waals surface area (Å²) >= 11 is 1.58. The summed E-state index contributed by atoms with van der Waals surface area (Å²) in [6, 6.07) is 0. The van der Waals surface area contributed by atoms with Gasteiger partial charge in [-0.15, -0.1) is 11.3 Å². The number of amides is 1. The minimum Gasteiger partial charge on any atom is -0.368 e. The fourth-order valence-corrected chi connectivity index (χ4v) is 7.80. The van der Waals surface area contributed by atoms with E-state index in [1.807, 2.05) is 6.92 Å². The second-order valence-corrected chi connectivity index (χ2v) is 10.5. The van der Waals surface area contributed by atoms with Crippen LogP contribution < -0.4 is 5.32 Å². The molecular weight excluding hydrogens is 346 g/mol. The molecule has 1 aromatic heterocycles. The summed E-state index contributed by atoms with van der Waals surface area (Å²) in [6.45, 7) is 2.59. The number of carbonyl (C=O) groups excluding carboxylic acids is 2. The Kier molecular flexibility index (Phi) is 3.16. The van der Waals surface area contributed by atoms with E-state index in [4.69, 9.17) is 4.74 Å². The van der Waals surface area contributed by atoms with Gasteiger partial charge in [-0.1, -0.05) is 0 Å². The minimum absolute atomic E-state index is 0.0406. The number of nitrogens with one attached hydrogen (secondary N) is 1. The first-order valence-corrected chi connectivity index (χ1v) is 11.0. The van der Waals surface area contributed by atoms with Crippen LogP contribution in [0.4, 0.5) is 5.00 Å². The van der Waals surface area contributed by atoms with Gasteiger partial charge in [0.25, 0.3) is 0 Å². The molecule has 1 aliphatic heterocycles. The molecule has 0 saturated heterocycles. The first kappa shape index (κ1) is 15.8. The van der Waals surface area contributed by atoms with Gasteiger partial charge in [0, 0.05) is 16.4 Å². The molecule has 0 aromatic carbocycles. The molecule has 6 aliphatic rings. The van der Waals surface area contributed by atoms with Crippen LogP contribution in [-0.4, -0.2) is 11.7 Å². The van der Waals surface area contributed by atoms with E-state index < -0.39 is 0 Å². The lowest BCUT2D eigenvalue weighted by molar-refractivity contribution is -0.127. The third kappa shape index (κ3) is 2.04. The largest absolute Gasteiger partial charge is 0.368 e. The molecule has 2 heterocycles. The Balaban J connectivity index is 1.35. The summed E-state index contributed by atoms with van der Waals surface area (Å²) < 4.78 is 5.75. The minimum atomic E-state index is -0.149. The van der Waals surface area contributed by atoms with Crippen molar-refractivity contribution in [3.63, 3.8) is 0 Å².